The first-order valence-corrected chi connectivity index (χ1v) is 5.90. The van der Waals surface area contributed by atoms with Gasteiger partial charge in [-0.15, -0.1) is 11.8 Å². The van der Waals surface area contributed by atoms with Crippen molar-refractivity contribution >= 4 is 23.6 Å². The molecule has 0 heterocycles. The molecule has 7 heteroatoms. The molecule has 1 unspecified atom stereocenters. The van der Waals surface area contributed by atoms with Gasteiger partial charge in [0, 0.05) is 19.4 Å². The first-order valence-electron chi connectivity index (χ1n) is 4.85. The molecule has 0 aromatic carbocycles. The fourth-order valence-electron chi connectivity index (χ4n) is 0.815. The third kappa shape index (κ3) is 6.65. The maximum Gasteiger partial charge on any atom is 0.321 e. The van der Waals surface area contributed by atoms with Crippen LogP contribution in [0.2, 0.25) is 0 Å². The molecule has 0 aromatic rings. The van der Waals surface area contributed by atoms with E-state index < -0.39 is 12.0 Å². The van der Waals surface area contributed by atoms with Gasteiger partial charge < -0.3 is 20.9 Å². The summed E-state index contributed by atoms with van der Waals surface area (Å²) in [5.74, 6) is -0.979. The van der Waals surface area contributed by atoms with Crippen LogP contribution in [0.1, 0.15) is 6.92 Å². The second-order valence-corrected chi connectivity index (χ2v) is 4.58. The first kappa shape index (κ1) is 15.2. The second-order valence-electron chi connectivity index (χ2n) is 3.20. The number of rotatable bonds is 8. The number of carboxylic acid groups (broad SMARTS) is 1. The fraction of sp³-hybridized carbons (Fsp3) is 0.778. The molecule has 0 rings (SSSR count). The van der Waals surface area contributed by atoms with E-state index in [4.69, 9.17) is 15.6 Å². The Kier molecular flexibility index (Phi) is 7.96. The minimum Gasteiger partial charge on any atom is -0.480 e. The van der Waals surface area contributed by atoms with Crippen LogP contribution < -0.4 is 11.1 Å². The van der Waals surface area contributed by atoms with Crippen molar-refractivity contribution in [3.05, 3.63) is 0 Å². The Balaban J connectivity index is 3.74. The lowest BCUT2D eigenvalue weighted by Crippen LogP contribution is -2.36. The largest absolute Gasteiger partial charge is 0.480 e. The predicted molar refractivity (Wildman–Crippen MR) is 62.4 cm³/mol. The van der Waals surface area contributed by atoms with Crippen molar-refractivity contribution in [3.63, 3.8) is 0 Å². The van der Waals surface area contributed by atoms with Crippen molar-refractivity contribution in [1.82, 2.24) is 5.32 Å². The van der Waals surface area contributed by atoms with Gasteiger partial charge in [0.15, 0.2) is 0 Å². The van der Waals surface area contributed by atoms with E-state index >= 15 is 0 Å². The third-order valence-electron chi connectivity index (χ3n) is 1.82. The maximum absolute atomic E-state index is 11.4. The lowest BCUT2D eigenvalue weighted by Gasteiger charge is -2.13. The second kappa shape index (κ2) is 8.37. The number of nitrogens with two attached hydrogens (primary N) is 1. The maximum atomic E-state index is 11.4. The number of methoxy groups -OCH3 is 1. The monoisotopic (exact) mass is 250 g/mol. The van der Waals surface area contributed by atoms with Gasteiger partial charge in [0.1, 0.15) is 6.04 Å². The fourth-order valence-corrected chi connectivity index (χ4v) is 1.69. The molecule has 1 amide bonds. The number of carbonyl (C=O) groups excluding carboxylic acids is 1. The molecule has 0 spiro atoms. The molecule has 0 saturated heterocycles. The van der Waals surface area contributed by atoms with Gasteiger partial charge in [-0.3, -0.25) is 9.59 Å². The molecule has 6 nitrogen and oxygen atoms in total. The zero-order valence-corrected chi connectivity index (χ0v) is 10.3. The molecule has 94 valence electrons. The van der Waals surface area contributed by atoms with E-state index in [1.54, 1.807) is 14.0 Å². The van der Waals surface area contributed by atoms with Crippen LogP contribution in [0.5, 0.6) is 0 Å². The van der Waals surface area contributed by atoms with Crippen LogP contribution in [0, 0.1) is 0 Å². The quantitative estimate of drug-likeness (QED) is 0.492. The summed E-state index contributed by atoms with van der Waals surface area (Å²) in [6, 6.07) is -0.931. The van der Waals surface area contributed by atoms with Gasteiger partial charge in [-0.2, -0.15) is 0 Å². The van der Waals surface area contributed by atoms with Crippen LogP contribution in [0.15, 0.2) is 0 Å². The summed E-state index contributed by atoms with van der Waals surface area (Å²) in [5.41, 5.74) is 5.31. The Morgan fingerprint density at radius 3 is 2.69 bits per heavy atom. The highest BCUT2D eigenvalue weighted by Crippen LogP contribution is 2.11. The number of amides is 1. The zero-order chi connectivity index (χ0) is 12.6. The molecule has 2 atom stereocenters. The van der Waals surface area contributed by atoms with Gasteiger partial charge in [0.05, 0.1) is 11.9 Å². The minimum atomic E-state index is -1.06. The Morgan fingerprint density at radius 1 is 1.56 bits per heavy atom. The Labute approximate surface area is 98.9 Å². The molecule has 0 aromatic heterocycles. The number of ether oxygens (including phenoxy) is 1. The molecule has 0 fully saturated rings. The van der Waals surface area contributed by atoms with Crippen LogP contribution in [-0.2, 0) is 14.3 Å². The van der Waals surface area contributed by atoms with Gasteiger partial charge >= 0.3 is 5.97 Å². The van der Waals surface area contributed by atoms with Crippen molar-refractivity contribution in [2.75, 3.05) is 26.0 Å². The van der Waals surface area contributed by atoms with E-state index in [1.807, 2.05) is 0 Å². The number of hydrogen-bond donors (Lipinski definition) is 3. The predicted octanol–water partition coefficient (Wildman–Crippen LogP) is -0.717. The summed E-state index contributed by atoms with van der Waals surface area (Å²) >= 11 is 1.22. The van der Waals surface area contributed by atoms with E-state index in [9.17, 15) is 9.59 Å². The van der Waals surface area contributed by atoms with Gasteiger partial charge in [0.2, 0.25) is 5.91 Å². The Morgan fingerprint density at radius 2 is 2.19 bits per heavy atom. The van der Waals surface area contributed by atoms with E-state index in [1.165, 1.54) is 11.8 Å². The molecule has 0 aliphatic carbocycles. The lowest BCUT2D eigenvalue weighted by atomic mass is 10.4. The molecular weight excluding hydrogens is 232 g/mol. The summed E-state index contributed by atoms with van der Waals surface area (Å²) < 4.78 is 4.78. The van der Waals surface area contributed by atoms with Crippen molar-refractivity contribution in [1.29, 1.82) is 0 Å². The smallest absolute Gasteiger partial charge is 0.321 e. The van der Waals surface area contributed by atoms with Crippen LogP contribution in [0.4, 0.5) is 0 Å². The summed E-state index contributed by atoms with van der Waals surface area (Å²) in [7, 11) is 1.55. The van der Waals surface area contributed by atoms with Crippen LogP contribution in [-0.4, -0.2) is 54.3 Å². The highest BCUT2D eigenvalue weighted by Gasteiger charge is 2.17. The van der Waals surface area contributed by atoms with Gasteiger partial charge in [0.25, 0.3) is 0 Å². The normalized spacial score (nSPS) is 14.2. The van der Waals surface area contributed by atoms with E-state index in [2.05, 4.69) is 5.32 Å². The Hall–Kier alpha value is -0.790. The number of aliphatic carboxylic acids is 1. The molecule has 0 radical (unpaired) electrons. The third-order valence-corrected chi connectivity index (χ3v) is 3.08. The summed E-state index contributed by atoms with van der Waals surface area (Å²) in [6.45, 7) is 2.62. The van der Waals surface area contributed by atoms with Crippen molar-refractivity contribution < 1.29 is 19.4 Å². The van der Waals surface area contributed by atoms with Gasteiger partial charge in [-0.25, -0.2) is 0 Å². The van der Waals surface area contributed by atoms with Crippen molar-refractivity contribution in [3.8, 4) is 0 Å². The molecule has 4 N–H and O–H groups in total. The SMILES string of the molecule is COCCNC(=O)C(C)SC[C@@H](N)C(=O)O. The molecule has 0 bridgehead atoms. The average Bonchev–Trinajstić information content (AvgIpc) is 2.25. The number of hydrogen-bond acceptors (Lipinski definition) is 5. The molecule has 0 saturated carbocycles. The molecule has 0 aliphatic rings. The lowest BCUT2D eigenvalue weighted by molar-refractivity contribution is -0.138. The van der Waals surface area contributed by atoms with Crippen LogP contribution >= 0.6 is 11.8 Å². The van der Waals surface area contributed by atoms with E-state index in [0.717, 1.165) is 0 Å². The minimum absolute atomic E-state index is 0.139. The van der Waals surface area contributed by atoms with Crippen LogP contribution in [0.25, 0.3) is 0 Å². The van der Waals surface area contributed by atoms with E-state index in [0.29, 0.717) is 13.2 Å². The highest BCUT2D eigenvalue weighted by atomic mass is 32.2. The number of thioether (sulfide) groups is 1. The summed E-state index contributed by atoms with van der Waals surface area (Å²) in [5, 5.41) is 10.9. The van der Waals surface area contributed by atoms with Crippen molar-refractivity contribution in [2.45, 2.75) is 18.2 Å². The van der Waals surface area contributed by atoms with Gasteiger partial charge in [-0.05, 0) is 6.92 Å². The zero-order valence-electron chi connectivity index (χ0n) is 9.43. The number of carboxylic acids is 1. The number of carbonyl (C=O) groups is 2. The molecular formula is C9H18N2O4S. The molecule has 0 aliphatic heterocycles. The van der Waals surface area contributed by atoms with Crippen molar-refractivity contribution in [2.24, 2.45) is 5.73 Å². The Bertz CT molecular complexity index is 238. The number of nitrogens with one attached hydrogen (secondary N) is 1. The topological polar surface area (TPSA) is 102 Å². The van der Waals surface area contributed by atoms with Crippen LogP contribution in [0.3, 0.4) is 0 Å². The average molecular weight is 250 g/mol. The van der Waals surface area contributed by atoms with E-state index in [-0.39, 0.29) is 16.9 Å². The summed E-state index contributed by atoms with van der Waals surface area (Å²) in [4.78, 5) is 21.9. The molecule has 16 heavy (non-hydrogen) atoms. The standard InChI is InChI=1S/C9H18N2O4S/c1-6(8(12)11-3-4-15-2)16-5-7(10)9(13)14/h6-7H,3-5,10H2,1-2H3,(H,11,12)(H,13,14)/t6?,7-/m1/s1. The highest BCUT2D eigenvalue weighted by molar-refractivity contribution is 8.00. The summed E-state index contributed by atoms with van der Waals surface area (Å²) in [6.07, 6.45) is 0. The first-order chi connectivity index (χ1) is 7.49. The van der Waals surface area contributed by atoms with Gasteiger partial charge in [-0.1, -0.05) is 0 Å².